The number of amides is 2. The summed E-state index contributed by atoms with van der Waals surface area (Å²) in [7, 11) is 0. The molecule has 2 unspecified atom stereocenters. The summed E-state index contributed by atoms with van der Waals surface area (Å²) in [4.78, 5) is 26.2. The lowest BCUT2D eigenvalue weighted by atomic mass is 10.1. The molecule has 2 rings (SSSR count). The van der Waals surface area contributed by atoms with Crippen LogP contribution in [-0.2, 0) is 9.59 Å². The highest BCUT2D eigenvalue weighted by atomic mass is 32.1. The van der Waals surface area contributed by atoms with Crippen LogP contribution in [0.3, 0.4) is 0 Å². The zero-order valence-corrected chi connectivity index (χ0v) is 11.5. The Morgan fingerprint density at radius 3 is 2.78 bits per heavy atom. The Hall–Kier alpha value is -1.20. The largest absolute Gasteiger partial charge is 0.298 e. The molecule has 1 N–H and O–H groups in total. The van der Waals surface area contributed by atoms with Crippen molar-refractivity contribution in [1.29, 1.82) is 0 Å². The second-order valence-electron chi connectivity index (χ2n) is 4.38. The smallest absolute Gasteiger partial charge is 0.246 e. The molecular formula is C13H18N2O2S. The monoisotopic (exact) mass is 266 g/mol. The highest BCUT2D eigenvalue weighted by molar-refractivity contribution is 7.10. The average Bonchev–Trinajstić information content (AvgIpc) is 2.96. The second kappa shape index (κ2) is 5.63. The van der Waals surface area contributed by atoms with Gasteiger partial charge in [-0.2, -0.15) is 0 Å². The number of carbonyl (C=O) groups excluding carboxylic acids is 2. The number of hydrogen-bond acceptors (Lipinski definition) is 4. The Bertz CT molecular complexity index is 430. The van der Waals surface area contributed by atoms with Crippen molar-refractivity contribution in [1.82, 2.24) is 10.2 Å². The van der Waals surface area contributed by atoms with Crippen LogP contribution >= 0.6 is 11.3 Å². The van der Waals surface area contributed by atoms with Gasteiger partial charge < -0.3 is 0 Å². The Labute approximate surface area is 111 Å². The van der Waals surface area contributed by atoms with Crippen molar-refractivity contribution in [3.8, 4) is 0 Å². The van der Waals surface area contributed by atoms with Crippen molar-refractivity contribution in [3.63, 3.8) is 0 Å². The molecule has 1 aliphatic rings. The molecule has 0 bridgehead atoms. The van der Waals surface area contributed by atoms with Crippen LogP contribution in [0.15, 0.2) is 17.5 Å². The maximum Gasteiger partial charge on any atom is 0.246 e. The third kappa shape index (κ3) is 2.47. The quantitative estimate of drug-likeness (QED) is 0.829. The van der Waals surface area contributed by atoms with E-state index in [2.05, 4.69) is 18.3 Å². The zero-order chi connectivity index (χ0) is 13.1. The number of rotatable bonds is 5. The fourth-order valence-electron chi connectivity index (χ4n) is 2.28. The van der Waals surface area contributed by atoms with Crippen LogP contribution in [0.2, 0.25) is 0 Å². The minimum Gasteiger partial charge on any atom is -0.298 e. The molecule has 98 valence electrons. The van der Waals surface area contributed by atoms with Crippen LogP contribution in [0.4, 0.5) is 0 Å². The van der Waals surface area contributed by atoms with Gasteiger partial charge in [-0.1, -0.05) is 13.0 Å². The van der Waals surface area contributed by atoms with Crippen LogP contribution < -0.4 is 5.32 Å². The molecule has 2 heterocycles. The normalized spacial score (nSPS) is 21.7. The topological polar surface area (TPSA) is 49.4 Å². The number of likely N-dealkylation sites (N-methyl/N-ethyl adjacent to an activating group) is 1. The lowest BCUT2D eigenvalue weighted by Crippen LogP contribution is -2.40. The molecule has 0 radical (unpaired) electrons. The summed E-state index contributed by atoms with van der Waals surface area (Å²) in [6, 6.07) is 3.86. The molecule has 0 aromatic carbocycles. The molecule has 1 aliphatic heterocycles. The van der Waals surface area contributed by atoms with E-state index < -0.39 is 0 Å². The van der Waals surface area contributed by atoms with E-state index in [0.717, 1.165) is 6.42 Å². The van der Waals surface area contributed by atoms with Crippen molar-refractivity contribution in [3.05, 3.63) is 22.4 Å². The third-order valence-electron chi connectivity index (χ3n) is 3.26. The first-order chi connectivity index (χ1) is 8.67. The van der Waals surface area contributed by atoms with Gasteiger partial charge in [0.1, 0.15) is 0 Å². The van der Waals surface area contributed by atoms with E-state index in [1.54, 1.807) is 11.3 Å². The summed E-state index contributed by atoms with van der Waals surface area (Å²) in [6.45, 7) is 4.37. The lowest BCUT2D eigenvalue weighted by molar-refractivity contribution is -0.138. The van der Waals surface area contributed by atoms with Gasteiger partial charge in [-0.3, -0.25) is 19.8 Å². The molecule has 1 aromatic heterocycles. The van der Waals surface area contributed by atoms with Gasteiger partial charge >= 0.3 is 0 Å². The first-order valence-electron chi connectivity index (χ1n) is 6.31. The predicted octanol–water partition coefficient (Wildman–Crippen LogP) is 1.94. The summed E-state index contributed by atoms with van der Waals surface area (Å²) < 4.78 is 0. The number of imide groups is 1. The van der Waals surface area contributed by atoms with Crippen LogP contribution in [0.25, 0.3) is 0 Å². The Kier molecular flexibility index (Phi) is 4.14. The molecule has 1 aromatic rings. The van der Waals surface area contributed by atoms with Crippen molar-refractivity contribution in [2.75, 3.05) is 6.54 Å². The number of carbonyl (C=O) groups is 2. The average molecular weight is 266 g/mol. The minimum absolute atomic E-state index is 0.0685. The fourth-order valence-corrected chi connectivity index (χ4v) is 3.15. The van der Waals surface area contributed by atoms with Crippen LogP contribution in [0.5, 0.6) is 0 Å². The Morgan fingerprint density at radius 1 is 1.50 bits per heavy atom. The molecule has 18 heavy (non-hydrogen) atoms. The SMILES string of the molecule is CCC(NC1CC(=O)N(CC)C1=O)c1cccs1. The molecule has 1 fully saturated rings. The van der Waals surface area contributed by atoms with Crippen LogP contribution in [0.1, 0.15) is 37.6 Å². The molecule has 5 heteroatoms. The van der Waals surface area contributed by atoms with Gasteiger partial charge in [0.05, 0.1) is 12.5 Å². The number of hydrogen-bond donors (Lipinski definition) is 1. The minimum atomic E-state index is -0.357. The van der Waals surface area contributed by atoms with Gasteiger partial charge in [-0.05, 0) is 24.8 Å². The third-order valence-corrected chi connectivity index (χ3v) is 4.24. The van der Waals surface area contributed by atoms with Gasteiger partial charge in [0.15, 0.2) is 0 Å². The molecule has 2 atom stereocenters. The number of thiophene rings is 1. The summed E-state index contributed by atoms with van der Waals surface area (Å²) in [5.74, 6) is -0.154. The van der Waals surface area contributed by atoms with E-state index in [1.807, 2.05) is 18.4 Å². The highest BCUT2D eigenvalue weighted by Gasteiger charge is 2.38. The molecule has 0 spiro atoms. The van der Waals surface area contributed by atoms with Crippen molar-refractivity contribution < 1.29 is 9.59 Å². The molecular weight excluding hydrogens is 248 g/mol. The summed E-state index contributed by atoms with van der Waals surface area (Å²) in [5.41, 5.74) is 0. The predicted molar refractivity (Wildman–Crippen MR) is 71.3 cm³/mol. The summed E-state index contributed by atoms with van der Waals surface area (Å²) >= 11 is 1.68. The van der Waals surface area contributed by atoms with E-state index in [1.165, 1.54) is 9.78 Å². The standard InChI is InChI=1S/C13H18N2O2S/c1-3-9(11-6-5-7-18-11)14-10-8-12(16)15(4-2)13(10)17/h5-7,9-10,14H,3-4,8H2,1-2H3. The fraction of sp³-hybridized carbons (Fsp3) is 0.538. The second-order valence-corrected chi connectivity index (χ2v) is 5.36. The van der Waals surface area contributed by atoms with Crippen molar-refractivity contribution >= 4 is 23.2 Å². The van der Waals surface area contributed by atoms with Gasteiger partial charge in [0, 0.05) is 17.5 Å². The van der Waals surface area contributed by atoms with Gasteiger partial charge in [-0.15, -0.1) is 11.3 Å². The molecule has 2 amide bonds. The first-order valence-corrected chi connectivity index (χ1v) is 7.19. The lowest BCUT2D eigenvalue weighted by Gasteiger charge is -2.19. The molecule has 0 aliphatic carbocycles. The summed E-state index contributed by atoms with van der Waals surface area (Å²) in [6.07, 6.45) is 1.19. The zero-order valence-electron chi connectivity index (χ0n) is 10.7. The Balaban J connectivity index is 2.05. The van der Waals surface area contributed by atoms with Crippen molar-refractivity contribution in [2.45, 2.75) is 38.8 Å². The van der Waals surface area contributed by atoms with Crippen LogP contribution in [0, 0.1) is 0 Å². The van der Waals surface area contributed by atoms with Gasteiger partial charge in [-0.25, -0.2) is 0 Å². The Morgan fingerprint density at radius 2 is 2.28 bits per heavy atom. The van der Waals surface area contributed by atoms with Gasteiger partial charge in [0.2, 0.25) is 11.8 Å². The number of nitrogens with one attached hydrogen (secondary N) is 1. The van der Waals surface area contributed by atoms with Crippen molar-refractivity contribution in [2.24, 2.45) is 0 Å². The molecule has 4 nitrogen and oxygen atoms in total. The van der Waals surface area contributed by atoms with Gasteiger partial charge in [0.25, 0.3) is 0 Å². The highest BCUT2D eigenvalue weighted by Crippen LogP contribution is 2.24. The van der Waals surface area contributed by atoms with E-state index in [4.69, 9.17) is 0 Å². The van der Waals surface area contributed by atoms with E-state index >= 15 is 0 Å². The maximum absolute atomic E-state index is 12.0. The number of nitrogens with zero attached hydrogens (tertiary/aromatic N) is 1. The van der Waals surface area contributed by atoms with Crippen LogP contribution in [-0.4, -0.2) is 29.3 Å². The molecule has 1 saturated heterocycles. The number of likely N-dealkylation sites (tertiary alicyclic amines) is 1. The van der Waals surface area contributed by atoms with E-state index in [9.17, 15) is 9.59 Å². The summed E-state index contributed by atoms with van der Waals surface area (Å²) in [5, 5.41) is 5.34. The molecule has 0 saturated carbocycles. The first kappa shape index (κ1) is 13.2. The maximum atomic E-state index is 12.0. The van der Waals surface area contributed by atoms with E-state index in [-0.39, 0.29) is 30.3 Å². The van der Waals surface area contributed by atoms with E-state index in [0.29, 0.717) is 6.54 Å².